The van der Waals surface area contributed by atoms with Crippen molar-refractivity contribution in [3.63, 3.8) is 0 Å². The van der Waals surface area contributed by atoms with Gasteiger partial charge in [0.1, 0.15) is 16.5 Å². The zero-order valence-corrected chi connectivity index (χ0v) is 14.1. The van der Waals surface area contributed by atoms with E-state index in [0.29, 0.717) is 16.6 Å². The Morgan fingerprint density at radius 2 is 2.13 bits per heavy atom. The number of aryl methyl sites for hydroxylation is 1. The van der Waals surface area contributed by atoms with Crippen LogP contribution in [0.2, 0.25) is 0 Å². The molecule has 0 atom stereocenters. The van der Waals surface area contributed by atoms with Crippen LogP contribution in [-0.2, 0) is 11.2 Å². The molecule has 1 aromatic carbocycles. The molecule has 2 rings (SSSR count). The summed E-state index contributed by atoms with van der Waals surface area (Å²) in [4.78, 5) is 12.0. The van der Waals surface area contributed by atoms with Crippen LogP contribution >= 0.6 is 11.3 Å². The van der Waals surface area contributed by atoms with E-state index in [1.54, 1.807) is 26.4 Å². The summed E-state index contributed by atoms with van der Waals surface area (Å²) in [5, 5.41) is 12.1. The van der Waals surface area contributed by atoms with Gasteiger partial charge in [0.25, 0.3) is 0 Å². The third-order valence-electron chi connectivity index (χ3n) is 3.02. The highest BCUT2D eigenvalue weighted by molar-refractivity contribution is 7.15. The minimum absolute atomic E-state index is 0.262. The fourth-order valence-electron chi connectivity index (χ4n) is 1.89. The van der Waals surface area contributed by atoms with Crippen molar-refractivity contribution in [2.45, 2.75) is 19.8 Å². The Balaban J connectivity index is 2.02. The number of amides is 1. The largest absolute Gasteiger partial charge is 0.497 e. The van der Waals surface area contributed by atoms with Crippen molar-refractivity contribution >= 4 is 28.5 Å². The first-order valence-electron chi connectivity index (χ1n) is 7.19. The van der Waals surface area contributed by atoms with Gasteiger partial charge in [-0.3, -0.25) is 10.1 Å². The number of nitrogens with one attached hydrogen (secondary N) is 1. The molecule has 6 nitrogen and oxygen atoms in total. The van der Waals surface area contributed by atoms with E-state index in [9.17, 15) is 4.79 Å². The van der Waals surface area contributed by atoms with Crippen molar-refractivity contribution in [1.82, 2.24) is 10.2 Å². The molecular formula is C16H19N3O3S. The Morgan fingerprint density at radius 3 is 2.83 bits per heavy atom. The first kappa shape index (κ1) is 17.0. The van der Waals surface area contributed by atoms with Gasteiger partial charge in [-0.2, -0.15) is 0 Å². The molecule has 0 fully saturated rings. The maximum atomic E-state index is 12.0. The first-order chi connectivity index (χ1) is 11.2. The molecule has 122 valence electrons. The lowest BCUT2D eigenvalue weighted by atomic mass is 10.1. The topological polar surface area (TPSA) is 73.3 Å². The van der Waals surface area contributed by atoms with E-state index in [2.05, 4.69) is 22.4 Å². The zero-order chi connectivity index (χ0) is 16.7. The highest BCUT2D eigenvalue weighted by atomic mass is 32.1. The molecule has 23 heavy (non-hydrogen) atoms. The summed E-state index contributed by atoms with van der Waals surface area (Å²) >= 11 is 1.39. The van der Waals surface area contributed by atoms with E-state index >= 15 is 0 Å². The van der Waals surface area contributed by atoms with Gasteiger partial charge in [-0.05, 0) is 24.6 Å². The Bertz CT molecular complexity index is 698. The van der Waals surface area contributed by atoms with Crippen LogP contribution < -0.4 is 14.8 Å². The van der Waals surface area contributed by atoms with E-state index < -0.39 is 0 Å². The van der Waals surface area contributed by atoms with Crippen LogP contribution in [0.3, 0.4) is 0 Å². The summed E-state index contributed by atoms with van der Waals surface area (Å²) in [6.45, 7) is 2.07. The van der Waals surface area contributed by atoms with Crippen molar-refractivity contribution < 1.29 is 14.3 Å². The maximum absolute atomic E-state index is 12.0. The van der Waals surface area contributed by atoms with Gasteiger partial charge in [-0.1, -0.05) is 18.3 Å². The Kier molecular flexibility index (Phi) is 6.10. The molecule has 1 amide bonds. The Labute approximate surface area is 139 Å². The molecule has 0 aliphatic rings. The molecule has 1 N–H and O–H groups in total. The minimum atomic E-state index is -0.262. The second-order valence-electron chi connectivity index (χ2n) is 4.68. The summed E-state index contributed by atoms with van der Waals surface area (Å²) in [7, 11) is 3.16. The highest BCUT2D eigenvalue weighted by Crippen LogP contribution is 2.25. The molecule has 0 radical (unpaired) electrons. The summed E-state index contributed by atoms with van der Waals surface area (Å²) in [5.41, 5.74) is 0.785. The zero-order valence-electron chi connectivity index (χ0n) is 13.3. The Morgan fingerprint density at radius 1 is 1.30 bits per heavy atom. The van der Waals surface area contributed by atoms with Crippen molar-refractivity contribution in [1.29, 1.82) is 0 Å². The molecule has 1 heterocycles. The number of carbonyl (C=O) groups excluding carboxylic acids is 1. The second-order valence-corrected chi connectivity index (χ2v) is 5.74. The smallest absolute Gasteiger partial charge is 0.250 e. The van der Waals surface area contributed by atoms with E-state index in [1.165, 1.54) is 17.4 Å². The lowest BCUT2D eigenvalue weighted by molar-refractivity contribution is -0.111. The average molecular weight is 333 g/mol. The molecule has 0 aliphatic carbocycles. The molecule has 0 bridgehead atoms. The number of benzene rings is 1. The average Bonchev–Trinajstić information content (AvgIpc) is 3.00. The van der Waals surface area contributed by atoms with Crippen LogP contribution in [0.4, 0.5) is 5.13 Å². The van der Waals surface area contributed by atoms with Crippen LogP contribution in [0, 0.1) is 0 Å². The summed E-state index contributed by atoms with van der Waals surface area (Å²) in [6, 6.07) is 5.40. The van der Waals surface area contributed by atoms with Crippen molar-refractivity contribution in [3.8, 4) is 11.5 Å². The number of rotatable bonds is 7. The number of methoxy groups -OCH3 is 2. The fraction of sp³-hybridized carbons (Fsp3) is 0.312. The van der Waals surface area contributed by atoms with Gasteiger partial charge in [-0.15, -0.1) is 10.2 Å². The van der Waals surface area contributed by atoms with Gasteiger partial charge >= 0.3 is 0 Å². The molecule has 0 unspecified atom stereocenters. The lowest BCUT2D eigenvalue weighted by Gasteiger charge is -2.07. The van der Waals surface area contributed by atoms with Gasteiger partial charge in [0.15, 0.2) is 0 Å². The number of carbonyl (C=O) groups is 1. The van der Waals surface area contributed by atoms with Crippen LogP contribution in [0.5, 0.6) is 11.5 Å². The predicted octanol–water partition coefficient (Wildman–Crippen LogP) is 3.16. The van der Waals surface area contributed by atoms with Gasteiger partial charge in [-0.25, -0.2) is 0 Å². The van der Waals surface area contributed by atoms with E-state index in [4.69, 9.17) is 9.47 Å². The van der Waals surface area contributed by atoms with E-state index in [0.717, 1.165) is 23.4 Å². The summed E-state index contributed by atoms with van der Waals surface area (Å²) in [5.74, 6) is 1.07. The molecule has 2 aromatic rings. The third kappa shape index (κ3) is 4.79. The van der Waals surface area contributed by atoms with Gasteiger partial charge < -0.3 is 9.47 Å². The van der Waals surface area contributed by atoms with Crippen molar-refractivity contribution in [2.24, 2.45) is 0 Å². The van der Waals surface area contributed by atoms with Crippen LogP contribution in [0.1, 0.15) is 23.9 Å². The minimum Gasteiger partial charge on any atom is -0.497 e. The van der Waals surface area contributed by atoms with Crippen LogP contribution in [0.15, 0.2) is 24.3 Å². The quantitative estimate of drug-likeness (QED) is 0.788. The van der Waals surface area contributed by atoms with Crippen LogP contribution in [0.25, 0.3) is 6.08 Å². The fourth-order valence-corrected chi connectivity index (χ4v) is 2.73. The molecule has 7 heteroatoms. The lowest BCUT2D eigenvalue weighted by Crippen LogP contribution is -2.07. The molecule has 0 saturated carbocycles. The Hall–Kier alpha value is -2.41. The summed E-state index contributed by atoms with van der Waals surface area (Å²) < 4.78 is 10.4. The molecular weight excluding hydrogens is 314 g/mol. The van der Waals surface area contributed by atoms with E-state index in [-0.39, 0.29) is 5.91 Å². The molecule has 0 saturated heterocycles. The van der Waals surface area contributed by atoms with Crippen molar-refractivity contribution in [2.75, 3.05) is 19.5 Å². The maximum Gasteiger partial charge on any atom is 0.250 e. The van der Waals surface area contributed by atoms with Gasteiger partial charge in [0, 0.05) is 24.1 Å². The number of anilines is 1. The van der Waals surface area contributed by atoms with Gasteiger partial charge in [0.2, 0.25) is 11.0 Å². The van der Waals surface area contributed by atoms with Gasteiger partial charge in [0.05, 0.1) is 14.2 Å². The SMILES string of the molecule is CCCc1nnc(NC(=O)/C=C/c2ccc(OC)cc2OC)s1. The molecule has 0 spiro atoms. The molecule has 0 aliphatic heterocycles. The van der Waals surface area contributed by atoms with Crippen LogP contribution in [-0.4, -0.2) is 30.3 Å². The first-order valence-corrected chi connectivity index (χ1v) is 8.01. The number of hydrogen-bond donors (Lipinski definition) is 1. The number of aromatic nitrogens is 2. The third-order valence-corrected chi connectivity index (χ3v) is 3.91. The second kappa shape index (κ2) is 8.28. The van der Waals surface area contributed by atoms with Crippen molar-refractivity contribution in [3.05, 3.63) is 34.8 Å². The summed E-state index contributed by atoms with van der Waals surface area (Å²) in [6.07, 6.45) is 4.99. The number of nitrogens with zero attached hydrogens (tertiary/aromatic N) is 2. The number of ether oxygens (including phenoxy) is 2. The normalized spacial score (nSPS) is 10.7. The highest BCUT2D eigenvalue weighted by Gasteiger charge is 2.06. The standard InChI is InChI=1S/C16H19N3O3S/c1-4-5-15-18-19-16(23-15)17-14(20)9-7-11-6-8-12(21-2)10-13(11)22-3/h6-10H,4-5H2,1-3H3,(H,17,19,20)/b9-7+. The monoisotopic (exact) mass is 333 g/mol. The van der Waals surface area contributed by atoms with E-state index in [1.807, 2.05) is 12.1 Å². The number of hydrogen-bond acceptors (Lipinski definition) is 6. The predicted molar refractivity (Wildman–Crippen MR) is 91.1 cm³/mol. The molecule has 1 aromatic heterocycles.